The van der Waals surface area contributed by atoms with E-state index in [-0.39, 0.29) is 12.0 Å². The number of hydrogen-bond donors (Lipinski definition) is 0. The molecule has 0 atom stereocenters. The van der Waals surface area contributed by atoms with Crippen LogP contribution in [0, 0.1) is 0 Å². The molecule has 0 amide bonds. The van der Waals surface area contributed by atoms with E-state index in [1.165, 1.54) is 37.0 Å². The van der Waals surface area contributed by atoms with Gasteiger partial charge in [-0.15, -0.1) is 10.1 Å². The van der Waals surface area contributed by atoms with E-state index in [0.29, 0.717) is 11.1 Å². The van der Waals surface area contributed by atoms with E-state index in [1.807, 2.05) is 6.26 Å². The highest BCUT2D eigenvalue weighted by atomic mass is 32.2. The fraction of sp³-hybridized carbons (Fsp3) is 0.375. The minimum absolute atomic E-state index is 0.160. The number of aromatic nitrogens is 6. The zero-order valence-corrected chi connectivity index (χ0v) is 10.3. The Morgan fingerprint density at radius 2 is 1.76 bits per heavy atom. The van der Waals surface area contributed by atoms with Gasteiger partial charge in [-0.2, -0.15) is 14.6 Å². The summed E-state index contributed by atoms with van der Waals surface area (Å²) in [6.07, 6.45) is 3.40. The van der Waals surface area contributed by atoms with Crippen LogP contribution in [0.15, 0.2) is 11.5 Å². The maximum atomic E-state index is 4.94. The highest BCUT2D eigenvalue weighted by Crippen LogP contribution is 2.13. The summed E-state index contributed by atoms with van der Waals surface area (Å²) in [4.78, 5) is 16.0. The average Bonchev–Trinajstić information content (AvgIpc) is 2.86. The van der Waals surface area contributed by atoms with Crippen molar-refractivity contribution in [3.8, 4) is 18.0 Å². The van der Waals surface area contributed by atoms with Gasteiger partial charge in [-0.25, -0.2) is 4.98 Å². The van der Waals surface area contributed by atoms with E-state index in [4.69, 9.17) is 9.47 Å². The van der Waals surface area contributed by atoms with Crippen LogP contribution in [0.5, 0.6) is 12.0 Å². The Morgan fingerprint density at radius 3 is 2.24 bits per heavy atom. The standard InChI is InChI=1S/C8H10N6O2S/c1-15-6-10-5(11-7(12-6)16-2)14-4-9-8(13-14)17-3/h4H,1-3H3. The first-order valence-electron chi connectivity index (χ1n) is 4.57. The minimum atomic E-state index is 0.160. The fourth-order valence-electron chi connectivity index (χ4n) is 1.05. The van der Waals surface area contributed by atoms with Gasteiger partial charge in [0.2, 0.25) is 5.16 Å². The lowest BCUT2D eigenvalue weighted by molar-refractivity contribution is 0.338. The van der Waals surface area contributed by atoms with Crippen molar-refractivity contribution < 1.29 is 9.47 Å². The molecule has 0 aliphatic heterocycles. The molecular weight excluding hydrogens is 244 g/mol. The monoisotopic (exact) mass is 254 g/mol. The molecule has 90 valence electrons. The number of thioether (sulfide) groups is 1. The zero-order valence-electron chi connectivity index (χ0n) is 9.49. The summed E-state index contributed by atoms with van der Waals surface area (Å²) in [6, 6.07) is 0.320. The molecule has 0 radical (unpaired) electrons. The van der Waals surface area contributed by atoms with E-state index in [9.17, 15) is 0 Å². The quantitative estimate of drug-likeness (QED) is 0.714. The Kier molecular flexibility index (Phi) is 3.38. The zero-order chi connectivity index (χ0) is 12.3. The summed E-state index contributed by atoms with van der Waals surface area (Å²) < 4.78 is 11.3. The van der Waals surface area contributed by atoms with Crippen LogP contribution in [0.25, 0.3) is 5.95 Å². The Morgan fingerprint density at radius 1 is 1.12 bits per heavy atom. The molecule has 0 N–H and O–H groups in total. The first kappa shape index (κ1) is 11.6. The van der Waals surface area contributed by atoms with Crippen LogP contribution in [0.1, 0.15) is 0 Å². The SMILES string of the molecule is COc1nc(OC)nc(-n2cnc(SC)n2)n1. The second-order valence-electron chi connectivity index (χ2n) is 2.78. The van der Waals surface area contributed by atoms with Gasteiger partial charge in [0.05, 0.1) is 14.2 Å². The summed E-state index contributed by atoms with van der Waals surface area (Å²) in [6.45, 7) is 0. The van der Waals surface area contributed by atoms with E-state index in [1.54, 1.807) is 0 Å². The molecule has 8 nitrogen and oxygen atoms in total. The van der Waals surface area contributed by atoms with Gasteiger partial charge in [-0.3, -0.25) is 0 Å². The lowest BCUT2D eigenvalue weighted by atomic mass is 10.8. The van der Waals surface area contributed by atoms with Gasteiger partial charge >= 0.3 is 12.0 Å². The van der Waals surface area contributed by atoms with Crippen molar-refractivity contribution >= 4 is 11.8 Å². The summed E-state index contributed by atoms with van der Waals surface area (Å²) in [5.41, 5.74) is 0. The van der Waals surface area contributed by atoms with Crippen molar-refractivity contribution in [2.75, 3.05) is 20.5 Å². The Balaban J connectivity index is 2.43. The smallest absolute Gasteiger partial charge is 0.324 e. The van der Waals surface area contributed by atoms with Crippen LogP contribution in [0.3, 0.4) is 0 Å². The summed E-state index contributed by atoms with van der Waals surface area (Å²) in [5.74, 6) is 0.293. The van der Waals surface area contributed by atoms with Crippen molar-refractivity contribution in [2.24, 2.45) is 0 Å². The fourth-order valence-corrected chi connectivity index (χ4v) is 1.37. The lowest BCUT2D eigenvalue weighted by Crippen LogP contribution is -2.07. The van der Waals surface area contributed by atoms with E-state index in [0.717, 1.165) is 0 Å². The van der Waals surface area contributed by atoms with Gasteiger partial charge in [0.25, 0.3) is 5.95 Å². The molecule has 2 heterocycles. The average molecular weight is 254 g/mol. The number of hydrogen-bond acceptors (Lipinski definition) is 8. The maximum Gasteiger partial charge on any atom is 0.324 e. The van der Waals surface area contributed by atoms with E-state index >= 15 is 0 Å². The molecule has 2 aromatic heterocycles. The Hall–Kier alpha value is -1.90. The maximum absolute atomic E-state index is 4.94. The summed E-state index contributed by atoms with van der Waals surface area (Å²) in [5, 5.41) is 4.78. The van der Waals surface area contributed by atoms with Crippen molar-refractivity contribution in [2.45, 2.75) is 5.16 Å². The molecule has 0 aliphatic rings. The third kappa shape index (κ3) is 2.44. The molecular formula is C8H10N6O2S. The Labute approximate surface area is 101 Å². The summed E-state index contributed by atoms with van der Waals surface area (Å²) >= 11 is 1.43. The van der Waals surface area contributed by atoms with Crippen molar-refractivity contribution in [3.63, 3.8) is 0 Å². The molecule has 0 unspecified atom stereocenters. The van der Waals surface area contributed by atoms with Crippen LogP contribution in [-0.4, -0.2) is 50.2 Å². The lowest BCUT2D eigenvalue weighted by Gasteiger charge is -2.03. The van der Waals surface area contributed by atoms with Gasteiger partial charge in [0.1, 0.15) is 6.33 Å². The van der Waals surface area contributed by atoms with Gasteiger partial charge in [-0.1, -0.05) is 11.8 Å². The van der Waals surface area contributed by atoms with Crippen LogP contribution in [-0.2, 0) is 0 Å². The third-order valence-electron chi connectivity index (χ3n) is 1.81. The van der Waals surface area contributed by atoms with Crippen LogP contribution < -0.4 is 9.47 Å². The number of rotatable bonds is 4. The second kappa shape index (κ2) is 4.95. The first-order valence-corrected chi connectivity index (χ1v) is 5.79. The van der Waals surface area contributed by atoms with Gasteiger partial charge in [0, 0.05) is 0 Å². The minimum Gasteiger partial charge on any atom is -0.467 e. The third-order valence-corrected chi connectivity index (χ3v) is 2.36. The highest BCUT2D eigenvalue weighted by Gasteiger charge is 2.10. The molecule has 2 aromatic rings. The Bertz CT molecular complexity index is 494. The van der Waals surface area contributed by atoms with Crippen LogP contribution >= 0.6 is 11.8 Å². The van der Waals surface area contributed by atoms with Gasteiger partial charge in [0.15, 0.2) is 0 Å². The van der Waals surface area contributed by atoms with E-state index < -0.39 is 0 Å². The van der Waals surface area contributed by atoms with E-state index in [2.05, 4.69) is 25.0 Å². The van der Waals surface area contributed by atoms with Crippen molar-refractivity contribution in [1.82, 2.24) is 29.7 Å². The summed E-state index contributed by atoms with van der Waals surface area (Å²) in [7, 11) is 2.93. The molecule has 17 heavy (non-hydrogen) atoms. The molecule has 0 aliphatic carbocycles. The molecule has 2 rings (SSSR count). The largest absolute Gasteiger partial charge is 0.467 e. The number of methoxy groups -OCH3 is 2. The highest BCUT2D eigenvalue weighted by molar-refractivity contribution is 7.98. The van der Waals surface area contributed by atoms with Crippen molar-refractivity contribution in [1.29, 1.82) is 0 Å². The normalized spacial score (nSPS) is 10.3. The molecule has 0 saturated heterocycles. The number of ether oxygens (including phenoxy) is 2. The number of nitrogens with zero attached hydrogens (tertiary/aromatic N) is 6. The van der Waals surface area contributed by atoms with Crippen LogP contribution in [0.2, 0.25) is 0 Å². The predicted octanol–water partition coefficient (Wildman–Crippen LogP) is 0.191. The molecule has 0 saturated carbocycles. The first-order chi connectivity index (χ1) is 8.26. The van der Waals surface area contributed by atoms with Crippen LogP contribution in [0.4, 0.5) is 0 Å². The molecule has 0 fully saturated rings. The molecule has 0 spiro atoms. The molecule has 0 bridgehead atoms. The topological polar surface area (TPSA) is 87.8 Å². The predicted molar refractivity (Wildman–Crippen MR) is 59.6 cm³/mol. The van der Waals surface area contributed by atoms with Gasteiger partial charge in [-0.05, 0) is 6.26 Å². The molecule has 9 heteroatoms. The molecule has 0 aromatic carbocycles. The van der Waals surface area contributed by atoms with Gasteiger partial charge < -0.3 is 9.47 Å². The van der Waals surface area contributed by atoms with Crippen molar-refractivity contribution in [3.05, 3.63) is 6.33 Å². The second-order valence-corrected chi connectivity index (χ2v) is 3.56.